The molecule has 0 radical (unpaired) electrons. The summed E-state index contributed by atoms with van der Waals surface area (Å²) in [6.45, 7) is 2.58. The lowest BCUT2D eigenvalue weighted by Gasteiger charge is -2.34. The largest absolute Gasteiger partial charge is 0.342 e. The number of hydrogen-bond donors (Lipinski definition) is 0. The molecule has 1 fully saturated rings. The Morgan fingerprint density at radius 3 is 1.88 bits per heavy atom. The van der Waals surface area contributed by atoms with E-state index in [1.807, 2.05) is 0 Å². The Labute approximate surface area is 97.3 Å². The molecule has 17 heavy (non-hydrogen) atoms. The van der Waals surface area contributed by atoms with E-state index in [2.05, 4.69) is 6.58 Å². The number of likely N-dealkylation sites (tertiary alicyclic amines) is 1. The van der Waals surface area contributed by atoms with Gasteiger partial charge >= 0.3 is 12.0 Å². The fourth-order valence-electron chi connectivity index (χ4n) is 1.86. The molecule has 0 aliphatic carbocycles. The quantitative estimate of drug-likeness (QED) is 0.422. The molecule has 1 saturated heterocycles. The lowest BCUT2D eigenvalue weighted by molar-refractivity contribution is -0.236. The zero-order valence-corrected chi connectivity index (χ0v) is 9.44. The topological polar surface area (TPSA) is 3.24 Å². The fraction of sp³-hybridized carbons (Fsp3) is 0.818. The zero-order chi connectivity index (χ0) is 13.1. The third kappa shape index (κ3) is 3.18. The van der Waals surface area contributed by atoms with Crippen LogP contribution in [0.3, 0.4) is 0 Å². The molecule has 1 rings (SSSR count). The van der Waals surface area contributed by atoms with Crippen molar-refractivity contribution < 1.29 is 22.0 Å². The number of halogens is 5. The summed E-state index contributed by atoms with van der Waals surface area (Å²) in [6, 6.07) is -4.15. The maximum atomic E-state index is 13.6. The summed E-state index contributed by atoms with van der Waals surface area (Å²) in [7, 11) is 0. The van der Waals surface area contributed by atoms with E-state index < -0.39 is 18.1 Å². The smallest absolute Gasteiger partial charge is 0.242 e. The maximum Gasteiger partial charge on any atom is 0.342 e. The lowest BCUT2D eigenvalue weighted by atomic mass is 10.1. The second kappa shape index (κ2) is 5.33. The maximum absolute atomic E-state index is 13.6. The number of alkyl halides is 5. The Hall–Kier alpha value is -0.650. The normalized spacial score (nSPS) is 21.9. The molecule has 1 aliphatic rings. The van der Waals surface area contributed by atoms with Gasteiger partial charge in [0.15, 0.2) is 0 Å². The SMILES string of the molecule is C=CC(F)(F)C(F)C(F)(F)N1CCCCCC1. The van der Waals surface area contributed by atoms with Gasteiger partial charge in [0.2, 0.25) is 6.17 Å². The molecule has 0 spiro atoms. The van der Waals surface area contributed by atoms with E-state index in [1.165, 1.54) is 0 Å². The van der Waals surface area contributed by atoms with Gasteiger partial charge in [0.05, 0.1) is 0 Å². The van der Waals surface area contributed by atoms with E-state index in [9.17, 15) is 22.0 Å². The highest BCUT2D eigenvalue weighted by Gasteiger charge is 2.57. The standard InChI is InChI=1S/C11H16F5N/c1-2-10(13,14)9(12)11(15,16)17-7-5-3-4-6-8-17/h2,9H,1,3-8H2. The molecule has 1 atom stereocenters. The summed E-state index contributed by atoms with van der Waals surface area (Å²) >= 11 is 0. The van der Waals surface area contributed by atoms with Crippen LogP contribution >= 0.6 is 0 Å². The van der Waals surface area contributed by atoms with Gasteiger partial charge in [-0.15, -0.1) is 0 Å². The monoisotopic (exact) mass is 257 g/mol. The van der Waals surface area contributed by atoms with Gasteiger partial charge in [-0.2, -0.15) is 17.6 Å². The van der Waals surface area contributed by atoms with Crippen molar-refractivity contribution in [2.24, 2.45) is 0 Å². The summed E-state index contributed by atoms with van der Waals surface area (Å²) < 4.78 is 66.2. The van der Waals surface area contributed by atoms with Crippen molar-refractivity contribution >= 4 is 0 Å². The molecule has 100 valence electrons. The highest BCUT2D eigenvalue weighted by atomic mass is 19.3. The van der Waals surface area contributed by atoms with Crippen LogP contribution < -0.4 is 0 Å². The molecule has 0 bridgehead atoms. The van der Waals surface area contributed by atoms with Gasteiger partial charge in [-0.3, -0.25) is 0 Å². The van der Waals surface area contributed by atoms with Gasteiger partial charge < -0.3 is 0 Å². The molecular weight excluding hydrogens is 241 g/mol. The van der Waals surface area contributed by atoms with Crippen LogP contribution in [0.1, 0.15) is 25.7 Å². The van der Waals surface area contributed by atoms with E-state index >= 15 is 0 Å². The molecule has 1 heterocycles. The summed E-state index contributed by atoms with van der Waals surface area (Å²) in [5.74, 6) is -4.21. The number of rotatable bonds is 4. The molecule has 0 saturated carbocycles. The van der Waals surface area contributed by atoms with Crippen molar-refractivity contribution in [1.82, 2.24) is 4.90 Å². The van der Waals surface area contributed by atoms with Crippen molar-refractivity contribution in [2.45, 2.75) is 43.8 Å². The molecule has 1 aliphatic heterocycles. The first-order valence-electron chi connectivity index (χ1n) is 5.60. The molecule has 6 heteroatoms. The highest BCUT2D eigenvalue weighted by Crippen LogP contribution is 2.37. The predicted molar refractivity (Wildman–Crippen MR) is 55.0 cm³/mol. The third-order valence-corrected chi connectivity index (χ3v) is 2.94. The first-order valence-corrected chi connectivity index (χ1v) is 5.60. The van der Waals surface area contributed by atoms with Crippen molar-refractivity contribution in [3.05, 3.63) is 12.7 Å². The van der Waals surface area contributed by atoms with Crippen LogP contribution in [-0.4, -0.2) is 36.1 Å². The second-order valence-electron chi connectivity index (χ2n) is 4.23. The Morgan fingerprint density at radius 2 is 1.47 bits per heavy atom. The van der Waals surface area contributed by atoms with Gasteiger partial charge in [0.1, 0.15) is 0 Å². The Morgan fingerprint density at radius 1 is 1.00 bits per heavy atom. The molecule has 1 unspecified atom stereocenters. The van der Waals surface area contributed by atoms with Crippen molar-refractivity contribution in [3.8, 4) is 0 Å². The van der Waals surface area contributed by atoms with Crippen LogP contribution in [0.2, 0.25) is 0 Å². The van der Waals surface area contributed by atoms with E-state index in [-0.39, 0.29) is 19.2 Å². The molecule has 0 aromatic rings. The van der Waals surface area contributed by atoms with Crippen LogP contribution in [0.5, 0.6) is 0 Å². The lowest BCUT2D eigenvalue weighted by Crippen LogP contribution is -2.54. The van der Waals surface area contributed by atoms with Crippen LogP contribution in [0.4, 0.5) is 22.0 Å². The van der Waals surface area contributed by atoms with Crippen molar-refractivity contribution in [3.63, 3.8) is 0 Å². The first kappa shape index (κ1) is 14.4. The number of allylic oxidation sites excluding steroid dienone is 1. The first-order chi connectivity index (χ1) is 7.82. The minimum atomic E-state index is -4.21. The Kier molecular flexibility index (Phi) is 4.52. The number of nitrogens with zero attached hydrogens (tertiary/aromatic N) is 1. The molecule has 0 aromatic heterocycles. The minimum absolute atomic E-state index is 0.0549. The van der Waals surface area contributed by atoms with Crippen LogP contribution in [0, 0.1) is 0 Å². The Balaban J connectivity index is 2.80. The zero-order valence-electron chi connectivity index (χ0n) is 9.44. The van der Waals surface area contributed by atoms with Crippen LogP contribution in [0.15, 0.2) is 12.7 Å². The molecular formula is C11H16F5N. The van der Waals surface area contributed by atoms with Crippen molar-refractivity contribution in [2.75, 3.05) is 13.1 Å². The van der Waals surface area contributed by atoms with Crippen molar-refractivity contribution in [1.29, 1.82) is 0 Å². The number of hydrogen-bond acceptors (Lipinski definition) is 1. The summed E-state index contributed by atoms with van der Waals surface area (Å²) in [5, 5.41) is 0. The van der Waals surface area contributed by atoms with E-state index in [0.717, 1.165) is 12.8 Å². The van der Waals surface area contributed by atoms with E-state index in [0.29, 0.717) is 17.7 Å². The van der Waals surface area contributed by atoms with Gasteiger partial charge in [0, 0.05) is 13.1 Å². The molecule has 0 aromatic carbocycles. The van der Waals surface area contributed by atoms with Gasteiger partial charge in [-0.05, 0) is 18.9 Å². The van der Waals surface area contributed by atoms with Crippen LogP contribution in [-0.2, 0) is 0 Å². The van der Waals surface area contributed by atoms with E-state index in [1.54, 1.807) is 0 Å². The summed E-state index contributed by atoms with van der Waals surface area (Å²) in [6.07, 6.45) is -1.14. The third-order valence-electron chi connectivity index (χ3n) is 2.94. The second-order valence-corrected chi connectivity index (χ2v) is 4.23. The van der Waals surface area contributed by atoms with Crippen LogP contribution in [0.25, 0.3) is 0 Å². The highest BCUT2D eigenvalue weighted by molar-refractivity contribution is 4.99. The summed E-state index contributed by atoms with van der Waals surface area (Å²) in [5.41, 5.74) is 0. The Bertz CT molecular complexity index is 259. The average molecular weight is 257 g/mol. The predicted octanol–water partition coefficient (Wildman–Crippen LogP) is 3.61. The average Bonchev–Trinajstić information content (AvgIpc) is 2.56. The summed E-state index contributed by atoms with van der Waals surface area (Å²) in [4.78, 5) is 0.516. The minimum Gasteiger partial charge on any atom is -0.242 e. The van der Waals surface area contributed by atoms with E-state index in [4.69, 9.17) is 0 Å². The molecule has 1 nitrogen and oxygen atoms in total. The molecule has 0 amide bonds. The van der Waals surface area contributed by atoms with Gasteiger partial charge in [-0.25, -0.2) is 9.29 Å². The van der Waals surface area contributed by atoms with Gasteiger partial charge in [0.25, 0.3) is 0 Å². The fourth-order valence-corrected chi connectivity index (χ4v) is 1.86. The molecule has 0 N–H and O–H groups in total. The van der Waals surface area contributed by atoms with Gasteiger partial charge in [-0.1, -0.05) is 19.4 Å².